The molecule has 0 bridgehead atoms. The molecule has 5 N–H and O–H groups in total. The van der Waals surface area contributed by atoms with E-state index in [0.717, 1.165) is 0 Å². The van der Waals surface area contributed by atoms with Gasteiger partial charge in [-0.05, 0) is 12.1 Å². The van der Waals surface area contributed by atoms with Crippen molar-refractivity contribution in [1.29, 1.82) is 0 Å². The zero-order chi connectivity index (χ0) is 11.5. The quantitative estimate of drug-likeness (QED) is 0.641. The number of rotatable bonds is 4. The van der Waals surface area contributed by atoms with E-state index in [4.69, 9.17) is 23.1 Å². The Kier molecular flexibility index (Phi) is 3.82. The minimum Gasteiger partial charge on any atom is -0.379 e. The topological polar surface area (TPSA) is 89.3 Å². The van der Waals surface area contributed by atoms with Crippen LogP contribution in [0.2, 0.25) is 5.02 Å². The summed E-state index contributed by atoms with van der Waals surface area (Å²) in [5.74, 6) is -0.543. The van der Waals surface area contributed by atoms with Gasteiger partial charge in [0.1, 0.15) is 0 Å². The van der Waals surface area contributed by atoms with Crippen molar-refractivity contribution in [2.24, 2.45) is 11.5 Å². The summed E-state index contributed by atoms with van der Waals surface area (Å²) in [6, 6.07) is 6.46. The van der Waals surface area contributed by atoms with Crippen molar-refractivity contribution in [3.63, 3.8) is 0 Å². The number of hydrogen-bond donors (Lipinski definition) is 3. The average molecular weight is 229 g/mol. The molecular weight excluding hydrogens is 216 g/mol. The lowest BCUT2D eigenvalue weighted by Gasteiger charge is -2.23. The third-order valence-corrected chi connectivity index (χ3v) is 2.55. The third-order valence-electron chi connectivity index (χ3n) is 2.22. The summed E-state index contributed by atoms with van der Waals surface area (Å²) < 4.78 is 0. The molecule has 82 valence electrons. The normalized spacial score (nSPS) is 11.5. The first-order valence-corrected chi connectivity index (χ1v) is 4.85. The van der Waals surface area contributed by atoms with Gasteiger partial charge in [-0.3, -0.25) is 4.79 Å². The fraction of sp³-hybridized carbons (Fsp3) is 0.300. The summed E-state index contributed by atoms with van der Waals surface area (Å²) >= 11 is 5.83. The van der Waals surface area contributed by atoms with Crippen LogP contribution in [-0.4, -0.2) is 29.6 Å². The van der Waals surface area contributed by atoms with Gasteiger partial charge in [-0.1, -0.05) is 23.7 Å². The van der Waals surface area contributed by atoms with Crippen molar-refractivity contribution >= 4 is 17.4 Å². The number of ketones is 1. The summed E-state index contributed by atoms with van der Waals surface area (Å²) in [6.07, 6.45) is 0. The highest BCUT2D eigenvalue weighted by Gasteiger charge is 2.34. The molecule has 5 heteroatoms. The number of benzene rings is 1. The SMILES string of the molecule is NCC(O)(CN)C(=O)c1ccccc1Cl. The molecule has 0 aliphatic rings. The van der Waals surface area contributed by atoms with Gasteiger partial charge < -0.3 is 16.6 Å². The van der Waals surface area contributed by atoms with E-state index in [2.05, 4.69) is 0 Å². The summed E-state index contributed by atoms with van der Waals surface area (Å²) in [7, 11) is 0. The highest BCUT2D eigenvalue weighted by molar-refractivity contribution is 6.34. The van der Waals surface area contributed by atoms with Gasteiger partial charge in [0.25, 0.3) is 0 Å². The number of Topliss-reactive ketones (excluding diaryl/α,β-unsaturated/α-hetero) is 1. The highest BCUT2D eigenvalue weighted by Crippen LogP contribution is 2.20. The Morgan fingerprint density at radius 2 is 1.87 bits per heavy atom. The summed E-state index contributed by atoms with van der Waals surface area (Å²) in [4.78, 5) is 11.9. The van der Waals surface area contributed by atoms with E-state index in [-0.39, 0.29) is 23.7 Å². The molecule has 1 rings (SSSR count). The Balaban J connectivity index is 3.09. The Bertz CT molecular complexity index is 364. The second kappa shape index (κ2) is 4.72. The second-order valence-electron chi connectivity index (χ2n) is 3.25. The van der Waals surface area contributed by atoms with E-state index < -0.39 is 11.4 Å². The number of hydrogen-bond acceptors (Lipinski definition) is 4. The molecule has 0 radical (unpaired) electrons. The standard InChI is InChI=1S/C10H13ClN2O2/c11-8-4-2-1-3-7(8)9(14)10(15,5-12)6-13/h1-4,15H,5-6,12-13H2. The second-order valence-corrected chi connectivity index (χ2v) is 3.66. The van der Waals surface area contributed by atoms with Gasteiger partial charge in [-0.2, -0.15) is 0 Å². The first kappa shape index (κ1) is 12.1. The third kappa shape index (κ3) is 2.35. The van der Waals surface area contributed by atoms with Crippen molar-refractivity contribution in [3.8, 4) is 0 Å². The Hall–Kier alpha value is -0.940. The average Bonchev–Trinajstić information content (AvgIpc) is 2.28. The van der Waals surface area contributed by atoms with E-state index in [1.165, 1.54) is 6.07 Å². The molecule has 0 unspecified atom stereocenters. The van der Waals surface area contributed by atoms with Crippen LogP contribution in [0.4, 0.5) is 0 Å². The van der Waals surface area contributed by atoms with E-state index >= 15 is 0 Å². The van der Waals surface area contributed by atoms with Crippen LogP contribution in [0.3, 0.4) is 0 Å². The van der Waals surface area contributed by atoms with Crippen LogP contribution in [0.5, 0.6) is 0 Å². The maximum absolute atomic E-state index is 11.9. The van der Waals surface area contributed by atoms with E-state index in [0.29, 0.717) is 0 Å². The lowest BCUT2D eigenvalue weighted by atomic mass is 9.93. The number of nitrogens with two attached hydrogens (primary N) is 2. The first-order chi connectivity index (χ1) is 7.05. The molecule has 0 fully saturated rings. The Morgan fingerprint density at radius 1 is 1.33 bits per heavy atom. The molecule has 0 aliphatic carbocycles. The van der Waals surface area contributed by atoms with Crippen molar-refractivity contribution in [2.45, 2.75) is 5.60 Å². The molecule has 1 aromatic rings. The largest absolute Gasteiger partial charge is 0.379 e. The summed E-state index contributed by atoms with van der Waals surface area (Å²) in [5.41, 5.74) is 9.13. The number of carbonyl (C=O) groups excluding carboxylic acids is 1. The Labute approximate surface area is 92.8 Å². The van der Waals surface area contributed by atoms with Crippen LogP contribution in [0.25, 0.3) is 0 Å². The van der Waals surface area contributed by atoms with Gasteiger partial charge in [0.05, 0.1) is 5.02 Å². The van der Waals surface area contributed by atoms with Crippen molar-refractivity contribution in [1.82, 2.24) is 0 Å². The molecule has 0 aliphatic heterocycles. The fourth-order valence-electron chi connectivity index (χ4n) is 1.16. The summed E-state index contributed by atoms with van der Waals surface area (Å²) in [6.45, 7) is -0.457. The zero-order valence-corrected chi connectivity index (χ0v) is 8.87. The molecule has 4 nitrogen and oxygen atoms in total. The minimum atomic E-state index is -1.73. The predicted molar refractivity (Wildman–Crippen MR) is 58.8 cm³/mol. The van der Waals surface area contributed by atoms with Crippen LogP contribution >= 0.6 is 11.6 Å². The van der Waals surface area contributed by atoms with E-state index in [1.807, 2.05) is 0 Å². The molecule has 15 heavy (non-hydrogen) atoms. The number of halogens is 1. The highest BCUT2D eigenvalue weighted by atomic mass is 35.5. The van der Waals surface area contributed by atoms with Gasteiger partial charge in [-0.15, -0.1) is 0 Å². The van der Waals surface area contributed by atoms with Gasteiger partial charge >= 0.3 is 0 Å². The van der Waals surface area contributed by atoms with Gasteiger partial charge in [0.2, 0.25) is 0 Å². The molecule has 0 aromatic heterocycles. The molecule has 0 amide bonds. The molecule has 0 saturated heterocycles. The smallest absolute Gasteiger partial charge is 0.198 e. The van der Waals surface area contributed by atoms with Crippen LogP contribution in [-0.2, 0) is 0 Å². The van der Waals surface area contributed by atoms with Crippen LogP contribution in [0.15, 0.2) is 24.3 Å². The van der Waals surface area contributed by atoms with E-state index in [1.54, 1.807) is 18.2 Å². The van der Waals surface area contributed by atoms with Gasteiger partial charge in [0.15, 0.2) is 11.4 Å². The maximum Gasteiger partial charge on any atom is 0.198 e. The fourth-order valence-corrected chi connectivity index (χ4v) is 1.39. The molecule has 0 saturated carbocycles. The molecule has 0 heterocycles. The summed E-state index contributed by atoms with van der Waals surface area (Å²) in [5, 5.41) is 10.1. The number of aliphatic hydroxyl groups is 1. The van der Waals surface area contributed by atoms with Crippen LogP contribution in [0, 0.1) is 0 Å². The van der Waals surface area contributed by atoms with Crippen molar-refractivity contribution < 1.29 is 9.90 Å². The monoisotopic (exact) mass is 228 g/mol. The van der Waals surface area contributed by atoms with Crippen LogP contribution in [0.1, 0.15) is 10.4 Å². The van der Waals surface area contributed by atoms with Crippen molar-refractivity contribution in [3.05, 3.63) is 34.9 Å². The zero-order valence-electron chi connectivity index (χ0n) is 8.11. The lowest BCUT2D eigenvalue weighted by molar-refractivity contribution is 0.0402. The van der Waals surface area contributed by atoms with Crippen molar-refractivity contribution in [2.75, 3.05) is 13.1 Å². The van der Waals surface area contributed by atoms with Crippen LogP contribution < -0.4 is 11.5 Å². The first-order valence-electron chi connectivity index (χ1n) is 4.47. The number of carbonyl (C=O) groups is 1. The predicted octanol–water partition coefficient (Wildman–Crippen LogP) is 0.171. The molecule has 1 aromatic carbocycles. The minimum absolute atomic E-state index is 0.229. The Morgan fingerprint density at radius 3 is 2.33 bits per heavy atom. The molecule has 0 spiro atoms. The lowest BCUT2D eigenvalue weighted by Crippen LogP contribution is -2.51. The van der Waals surface area contributed by atoms with Gasteiger partial charge in [-0.25, -0.2) is 0 Å². The molecule has 0 atom stereocenters. The van der Waals surface area contributed by atoms with E-state index in [9.17, 15) is 9.90 Å². The van der Waals surface area contributed by atoms with Gasteiger partial charge in [0, 0.05) is 18.7 Å². The molecular formula is C10H13ClN2O2. The maximum atomic E-state index is 11.9.